The predicted octanol–water partition coefficient (Wildman–Crippen LogP) is 1.69. The highest BCUT2D eigenvalue weighted by Crippen LogP contribution is 2.28. The van der Waals surface area contributed by atoms with Crippen molar-refractivity contribution in [3.8, 4) is 11.5 Å². The molecule has 3 N–H and O–H groups in total. The van der Waals surface area contributed by atoms with Gasteiger partial charge in [0, 0.05) is 5.56 Å². The van der Waals surface area contributed by atoms with Crippen molar-refractivity contribution in [3.05, 3.63) is 59.2 Å². The van der Waals surface area contributed by atoms with Gasteiger partial charge in [0.25, 0.3) is 5.91 Å². The Balaban J connectivity index is 2.08. The molecular formula is C19H18N2O7. The topological polar surface area (TPSA) is 135 Å². The van der Waals surface area contributed by atoms with Crippen molar-refractivity contribution in [3.63, 3.8) is 0 Å². The molecule has 0 aliphatic rings. The largest absolute Gasteiger partial charge is 0.479 e. The number of ether oxygens (including phenoxy) is 2. The maximum absolute atomic E-state index is 12.0. The number of hydrogen-bond donors (Lipinski definition) is 3. The van der Waals surface area contributed by atoms with Gasteiger partial charge in [0.1, 0.15) is 0 Å². The Bertz CT molecular complexity index is 892. The lowest BCUT2D eigenvalue weighted by Gasteiger charge is -2.11. The average Bonchev–Trinajstić information content (AvgIpc) is 2.65. The van der Waals surface area contributed by atoms with Crippen molar-refractivity contribution >= 4 is 24.1 Å². The van der Waals surface area contributed by atoms with Crippen molar-refractivity contribution in [1.29, 1.82) is 0 Å². The van der Waals surface area contributed by atoms with Crippen LogP contribution in [0.5, 0.6) is 11.5 Å². The molecule has 0 aromatic heterocycles. The second-order valence-electron chi connectivity index (χ2n) is 5.64. The van der Waals surface area contributed by atoms with Crippen LogP contribution in [0.15, 0.2) is 47.6 Å². The molecule has 1 amide bonds. The molecule has 0 unspecified atom stereocenters. The number of aryl methyl sites for hydroxylation is 1. The van der Waals surface area contributed by atoms with E-state index in [-0.39, 0.29) is 17.4 Å². The summed E-state index contributed by atoms with van der Waals surface area (Å²) in [5.41, 5.74) is 4.33. The molecule has 28 heavy (non-hydrogen) atoms. The van der Waals surface area contributed by atoms with Crippen LogP contribution in [0.4, 0.5) is 0 Å². The first-order valence-corrected chi connectivity index (χ1v) is 8.08. The van der Waals surface area contributed by atoms with Gasteiger partial charge in [0.15, 0.2) is 24.7 Å². The highest BCUT2D eigenvalue weighted by atomic mass is 16.5. The van der Waals surface area contributed by atoms with Crippen LogP contribution in [0.25, 0.3) is 0 Å². The number of amides is 1. The Hall–Kier alpha value is -3.88. The Labute approximate surface area is 160 Å². The van der Waals surface area contributed by atoms with Gasteiger partial charge in [-0.1, -0.05) is 17.7 Å². The fraction of sp³-hybridized carbons (Fsp3) is 0.158. The normalized spacial score (nSPS) is 10.5. The van der Waals surface area contributed by atoms with Crippen LogP contribution in [-0.2, 0) is 9.59 Å². The van der Waals surface area contributed by atoms with Crippen LogP contribution in [0.1, 0.15) is 21.5 Å². The van der Waals surface area contributed by atoms with Crippen LogP contribution >= 0.6 is 0 Å². The smallest absolute Gasteiger partial charge is 0.341 e. The quantitative estimate of drug-likeness (QED) is 0.441. The first kappa shape index (κ1) is 20.4. The molecule has 0 aliphatic heterocycles. The van der Waals surface area contributed by atoms with Gasteiger partial charge in [0.05, 0.1) is 6.21 Å². The van der Waals surface area contributed by atoms with Gasteiger partial charge in [0.2, 0.25) is 0 Å². The number of rotatable bonds is 9. The van der Waals surface area contributed by atoms with Crippen molar-refractivity contribution in [2.75, 3.05) is 13.2 Å². The standard InChI is InChI=1S/C19H18N2O7/c1-12-2-5-14(6-3-12)19(26)21-20-9-13-4-7-15(27-10-17(22)23)16(8-13)28-11-18(24)25/h2-9H,10-11H2,1H3,(H,21,26)(H,22,23)(H,24,25). The highest BCUT2D eigenvalue weighted by molar-refractivity contribution is 5.95. The molecule has 0 aliphatic carbocycles. The maximum Gasteiger partial charge on any atom is 0.341 e. The molecule has 146 valence electrons. The summed E-state index contributed by atoms with van der Waals surface area (Å²) in [4.78, 5) is 33.3. The fourth-order valence-corrected chi connectivity index (χ4v) is 2.05. The number of carboxylic acid groups (broad SMARTS) is 2. The van der Waals surface area contributed by atoms with Gasteiger partial charge in [-0.25, -0.2) is 15.0 Å². The number of carboxylic acids is 2. The summed E-state index contributed by atoms with van der Waals surface area (Å²) in [7, 11) is 0. The van der Waals surface area contributed by atoms with Crippen LogP contribution in [0.2, 0.25) is 0 Å². The predicted molar refractivity (Wildman–Crippen MR) is 98.9 cm³/mol. The molecule has 0 saturated heterocycles. The van der Waals surface area contributed by atoms with Crippen molar-refractivity contribution in [1.82, 2.24) is 5.43 Å². The van der Waals surface area contributed by atoms with E-state index < -0.39 is 25.2 Å². The summed E-state index contributed by atoms with van der Waals surface area (Å²) in [5, 5.41) is 21.3. The minimum atomic E-state index is -1.20. The third-order valence-electron chi connectivity index (χ3n) is 3.36. The van der Waals surface area contributed by atoms with Gasteiger partial charge in [-0.05, 0) is 42.8 Å². The first-order chi connectivity index (χ1) is 13.3. The van der Waals surface area contributed by atoms with Gasteiger partial charge in [-0.3, -0.25) is 4.79 Å². The number of benzene rings is 2. The highest BCUT2D eigenvalue weighted by Gasteiger charge is 2.10. The average molecular weight is 386 g/mol. The molecule has 2 aromatic rings. The lowest BCUT2D eigenvalue weighted by Crippen LogP contribution is -2.17. The van der Waals surface area contributed by atoms with E-state index >= 15 is 0 Å². The van der Waals surface area contributed by atoms with E-state index in [1.165, 1.54) is 18.3 Å². The SMILES string of the molecule is Cc1ccc(C(=O)NN=Cc2ccc(OCC(=O)O)c(OCC(=O)O)c2)cc1. The Morgan fingerprint density at radius 3 is 2.18 bits per heavy atom. The van der Waals surface area contributed by atoms with Gasteiger partial charge in [-0.2, -0.15) is 5.10 Å². The zero-order valence-electron chi connectivity index (χ0n) is 14.9. The lowest BCUT2D eigenvalue weighted by atomic mass is 10.1. The Morgan fingerprint density at radius 1 is 0.964 bits per heavy atom. The molecule has 0 fully saturated rings. The second-order valence-corrected chi connectivity index (χ2v) is 5.64. The van der Waals surface area contributed by atoms with E-state index in [9.17, 15) is 14.4 Å². The molecule has 0 saturated carbocycles. The Kier molecular flexibility index (Phi) is 7.09. The minimum absolute atomic E-state index is 0.0393. The number of hydrogen-bond acceptors (Lipinski definition) is 6. The number of carbonyl (C=O) groups excluding carboxylic acids is 1. The summed E-state index contributed by atoms with van der Waals surface area (Å²) < 4.78 is 10.2. The van der Waals surface area contributed by atoms with Gasteiger partial charge in [-0.15, -0.1) is 0 Å². The first-order valence-electron chi connectivity index (χ1n) is 8.08. The Morgan fingerprint density at radius 2 is 1.57 bits per heavy atom. The van der Waals surface area contributed by atoms with E-state index in [0.717, 1.165) is 5.56 Å². The van der Waals surface area contributed by atoms with Gasteiger partial charge >= 0.3 is 11.9 Å². The zero-order valence-corrected chi connectivity index (χ0v) is 14.9. The van der Waals surface area contributed by atoms with E-state index in [1.54, 1.807) is 30.3 Å². The third-order valence-corrected chi connectivity index (χ3v) is 3.36. The molecule has 0 radical (unpaired) electrons. The van der Waals surface area contributed by atoms with E-state index in [1.807, 2.05) is 6.92 Å². The second kappa shape index (κ2) is 9.72. The van der Waals surface area contributed by atoms with E-state index in [0.29, 0.717) is 11.1 Å². The maximum atomic E-state index is 12.0. The lowest BCUT2D eigenvalue weighted by molar-refractivity contribution is -0.140. The number of nitrogens with one attached hydrogen (secondary N) is 1. The molecular weight excluding hydrogens is 368 g/mol. The summed E-state index contributed by atoms with van der Waals surface area (Å²) in [6.45, 7) is 0.672. The minimum Gasteiger partial charge on any atom is -0.479 e. The zero-order chi connectivity index (χ0) is 20.5. The molecule has 0 heterocycles. The summed E-state index contributed by atoms with van der Waals surface area (Å²) in [6, 6.07) is 11.3. The molecule has 0 atom stereocenters. The number of carbonyl (C=O) groups is 3. The fourth-order valence-electron chi connectivity index (χ4n) is 2.05. The van der Waals surface area contributed by atoms with Crippen LogP contribution in [0.3, 0.4) is 0 Å². The van der Waals surface area contributed by atoms with E-state index in [2.05, 4.69) is 10.5 Å². The monoisotopic (exact) mass is 386 g/mol. The van der Waals surface area contributed by atoms with Crippen LogP contribution in [0, 0.1) is 6.92 Å². The summed E-state index contributed by atoms with van der Waals surface area (Å²) in [6.07, 6.45) is 1.33. The van der Waals surface area contributed by atoms with E-state index in [4.69, 9.17) is 19.7 Å². The number of aliphatic carboxylic acids is 2. The molecule has 9 heteroatoms. The van der Waals surface area contributed by atoms with Crippen molar-refractivity contribution in [2.24, 2.45) is 5.10 Å². The molecule has 9 nitrogen and oxygen atoms in total. The number of hydrazone groups is 1. The summed E-state index contributed by atoms with van der Waals surface area (Å²) >= 11 is 0. The third kappa shape index (κ3) is 6.45. The van der Waals surface area contributed by atoms with Gasteiger partial charge < -0.3 is 19.7 Å². The molecule has 2 aromatic carbocycles. The molecule has 0 spiro atoms. The summed E-state index contributed by atoms with van der Waals surface area (Å²) in [5.74, 6) is -2.66. The van der Waals surface area contributed by atoms with Crippen LogP contribution in [-0.4, -0.2) is 47.5 Å². The molecule has 0 bridgehead atoms. The molecule has 2 rings (SSSR count). The number of nitrogens with zero attached hydrogens (tertiary/aromatic N) is 1. The van der Waals surface area contributed by atoms with Crippen molar-refractivity contribution < 1.29 is 34.1 Å². The van der Waals surface area contributed by atoms with Crippen molar-refractivity contribution in [2.45, 2.75) is 6.92 Å². The van der Waals surface area contributed by atoms with Crippen LogP contribution < -0.4 is 14.9 Å².